The van der Waals surface area contributed by atoms with Crippen LogP contribution in [-0.2, 0) is 16.0 Å². The molecule has 0 radical (unpaired) electrons. The fourth-order valence-corrected chi connectivity index (χ4v) is 2.51. The van der Waals surface area contributed by atoms with Gasteiger partial charge in [-0.15, -0.1) is 0 Å². The van der Waals surface area contributed by atoms with Crippen molar-refractivity contribution in [2.75, 3.05) is 11.4 Å². The first-order chi connectivity index (χ1) is 8.18. The molecule has 3 rings (SSSR count). The second-order valence-electron chi connectivity index (χ2n) is 4.66. The number of benzene rings is 1. The zero-order chi connectivity index (χ0) is 12.0. The van der Waals surface area contributed by atoms with Gasteiger partial charge in [-0.05, 0) is 24.5 Å². The third-order valence-corrected chi connectivity index (χ3v) is 3.58. The van der Waals surface area contributed by atoms with Crippen molar-refractivity contribution in [3.05, 3.63) is 29.8 Å². The number of nitrogens with zero attached hydrogens (tertiary/aromatic N) is 1. The number of carboxylic acids is 1. The molecule has 88 valence electrons. The lowest BCUT2D eigenvalue weighted by Gasteiger charge is -2.16. The summed E-state index contributed by atoms with van der Waals surface area (Å²) in [5.41, 5.74) is 2.13. The van der Waals surface area contributed by atoms with Crippen molar-refractivity contribution in [3.63, 3.8) is 0 Å². The average Bonchev–Trinajstić information content (AvgIpc) is 3.02. The van der Waals surface area contributed by atoms with Crippen LogP contribution in [0.3, 0.4) is 0 Å². The van der Waals surface area contributed by atoms with Crippen LogP contribution < -0.4 is 4.90 Å². The second-order valence-corrected chi connectivity index (χ2v) is 4.66. The van der Waals surface area contributed by atoms with Crippen molar-refractivity contribution in [2.24, 2.45) is 11.8 Å². The Morgan fingerprint density at radius 3 is 2.71 bits per heavy atom. The van der Waals surface area contributed by atoms with E-state index < -0.39 is 11.9 Å². The van der Waals surface area contributed by atoms with E-state index in [-0.39, 0.29) is 11.8 Å². The smallest absolute Gasteiger partial charge is 0.307 e. The van der Waals surface area contributed by atoms with E-state index in [0.29, 0.717) is 13.0 Å². The third-order valence-electron chi connectivity index (χ3n) is 3.58. The maximum Gasteiger partial charge on any atom is 0.307 e. The summed E-state index contributed by atoms with van der Waals surface area (Å²) in [6.45, 7) is 0.682. The Bertz CT molecular complexity index is 497. The minimum Gasteiger partial charge on any atom is -0.481 e. The summed E-state index contributed by atoms with van der Waals surface area (Å²) in [7, 11) is 0. The van der Waals surface area contributed by atoms with Gasteiger partial charge >= 0.3 is 5.97 Å². The number of hydrogen-bond donors (Lipinski definition) is 1. The summed E-state index contributed by atoms with van der Waals surface area (Å²) in [5, 5.41) is 8.84. The number of hydrogen-bond acceptors (Lipinski definition) is 2. The van der Waals surface area contributed by atoms with E-state index in [2.05, 4.69) is 0 Å². The van der Waals surface area contributed by atoms with Gasteiger partial charge in [0.25, 0.3) is 0 Å². The molecule has 1 aliphatic carbocycles. The Hall–Kier alpha value is -1.84. The van der Waals surface area contributed by atoms with Crippen LogP contribution in [0.5, 0.6) is 0 Å². The van der Waals surface area contributed by atoms with Crippen molar-refractivity contribution >= 4 is 17.6 Å². The van der Waals surface area contributed by atoms with E-state index in [1.807, 2.05) is 24.3 Å². The molecule has 2 aliphatic rings. The molecular formula is C13H13NO3. The lowest BCUT2D eigenvalue weighted by Crippen LogP contribution is -2.31. The number of fused-ring (bicyclic) bond motifs is 1. The van der Waals surface area contributed by atoms with Crippen molar-refractivity contribution in [1.29, 1.82) is 0 Å². The van der Waals surface area contributed by atoms with Gasteiger partial charge in [0.05, 0.1) is 11.8 Å². The standard InChI is InChI=1S/C13H13NO3/c15-12(9-7-10(9)13(16)17)14-6-5-8-3-1-2-4-11(8)14/h1-4,9-10H,5-7H2,(H,16,17)/t9-,10+/m1/s1. The maximum atomic E-state index is 12.1. The molecule has 1 saturated carbocycles. The molecule has 1 amide bonds. The third kappa shape index (κ3) is 1.60. The molecule has 0 aromatic heterocycles. The number of para-hydroxylation sites is 1. The minimum absolute atomic E-state index is 0.0256. The molecule has 0 saturated heterocycles. The van der Waals surface area contributed by atoms with Crippen LogP contribution >= 0.6 is 0 Å². The fraction of sp³-hybridized carbons (Fsp3) is 0.385. The van der Waals surface area contributed by atoms with Gasteiger partial charge in [-0.1, -0.05) is 18.2 Å². The number of carbonyl (C=O) groups excluding carboxylic acids is 1. The van der Waals surface area contributed by atoms with Gasteiger partial charge in [0, 0.05) is 12.2 Å². The molecule has 4 nitrogen and oxygen atoms in total. The van der Waals surface area contributed by atoms with E-state index >= 15 is 0 Å². The lowest BCUT2D eigenvalue weighted by atomic mass is 10.2. The Balaban J connectivity index is 1.79. The molecule has 1 aliphatic heterocycles. The number of aliphatic carboxylic acids is 1. The van der Waals surface area contributed by atoms with E-state index in [4.69, 9.17) is 5.11 Å². The molecule has 17 heavy (non-hydrogen) atoms. The zero-order valence-electron chi connectivity index (χ0n) is 9.30. The SMILES string of the molecule is O=C(O)[C@H]1C[C@H]1C(=O)N1CCc2ccccc21. The van der Waals surface area contributed by atoms with Crippen molar-refractivity contribution in [3.8, 4) is 0 Å². The maximum absolute atomic E-state index is 12.1. The highest BCUT2D eigenvalue weighted by Crippen LogP contribution is 2.42. The summed E-state index contributed by atoms with van der Waals surface area (Å²) < 4.78 is 0. The van der Waals surface area contributed by atoms with E-state index in [9.17, 15) is 9.59 Å². The van der Waals surface area contributed by atoms with E-state index in [0.717, 1.165) is 12.1 Å². The first-order valence-corrected chi connectivity index (χ1v) is 5.80. The van der Waals surface area contributed by atoms with Gasteiger partial charge in [0.15, 0.2) is 0 Å². The molecule has 4 heteroatoms. The highest BCUT2D eigenvalue weighted by molar-refractivity contribution is 6.01. The number of amides is 1. The normalized spacial score (nSPS) is 25.5. The highest BCUT2D eigenvalue weighted by atomic mass is 16.4. The fourth-order valence-electron chi connectivity index (χ4n) is 2.51. The largest absolute Gasteiger partial charge is 0.481 e. The molecule has 1 aromatic carbocycles. The summed E-state index contributed by atoms with van der Waals surface area (Å²) in [5.74, 6) is -1.65. The monoisotopic (exact) mass is 231 g/mol. The summed E-state index contributed by atoms with van der Waals surface area (Å²) >= 11 is 0. The van der Waals surface area contributed by atoms with Gasteiger partial charge in [-0.3, -0.25) is 9.59 Å². The van der Waals surface area contributed by atoms with E-state index in [1.54, 1.807) is 4.90 Å². The summed E-state index contributed by atoms with van der Waals surface area (Å²) in [6, 6.07) is 7.82. The topological polar surface area (TPSA) is 57.6 Å². The van der Waals surface area contributed by atoms with Crippen LogP contribution in [0.1, 0.15) is 12.0 Å². The van der Waals surface area contributed by atoms with Crippen molar-refractivity contribution < 1.29 is 14.7 Å². The van der Waals surface area contributed by atoms with Gasteiger partial charge in [0.2, 0.25) is 5.91 Å². The Kier molecular flexibility index (Phi) is 2.18. The van der Waals surface area contributed by atoms with E-state index in [1.165, 1.54) is 5.56 Å². The summed E-state index contributed by atoms with van der Waals surface area (Å²) in [4.78, 5) is 24.7. The van der Waals surface area contributed by atoms with Crippen LogP contribution in [0.25, 0.3) is 0 Å². The first kappa shape index (κ1) is 10.3. The molecule has 2 atom stereocenters. The number of anilines is 1. The summed E-state index contributed by atoms with van der Waals surface area (Å²) in [6.07, 6.45) is 1.36. The number of carbonyl (C=O) groups is 2. The van der Waals surface area contributed by atoms with Gasteiger partial charge in [-0.25, -0.2) is 0 Å². The molecule has 1 heterocycles. The molecule has 0 unspecified atom stereocenters. The number of rotatable bonds is 2. The van der Waals surface area contributed by atoms with Crippen LogP contribution in [0.2, 0.25) is 0 Å². The van der Waals surface area contributed by atoms with Crippen molar-refractivity contribution in [1.82, 2.24) is 0 Å². The molecule has 0 spiro atoms. The van der Waals surface area contributed by atoms with Gasteiger partial charge in [-0.2, -0.15) is 0 Å². The Labute approximate surface area is 98.9 Å². The molecule has 1 N–H and O–H groups in total. The lowest BCUT2D eigenvalue weighted by molar-refractivity contribution is -0.140. The number of carboxylic acid groups (broad SMARTS) is 1. The van der Waals surface area contributed by atoms with Crippen LogP contribution in [0, 0.1) is 11.8 Å². The Morgan fingerprint density at radius 2 is 2.00 bits per heavy atom. The molecule has 1 fully saturated rings. The van der Waals surface area contributed by atoms with Crippen LogP contribution in [0.15, 0.2) is 24.3 Å². The highest BCUT2D eigenvalue weighted by Gasteiger charge is 2.50. The zero-order valence-corrected chi connectivity index (χ0v) is 9.30. The molecular weight excluding hydrogens is 218 g/mol. The van der Waals surface area contributed by atoms with Gasteiger partial charge < -0.3 is 10.0 Å². The van der Waals surface area contributed by atoms with Crippen molar-refractivity contribution in [2.45, 2.75) is 12.8 Å². The quantitative estimate of drug-likeness (QED) is 0.834. The average molecular weight is 231 g/mol. The predicted octanol–water partition coefficient (Wildman–Crippen LogP) is 1.30. The van der Waals surface area contributed by atoms with Crippen LogP contribution in [-0.4, -0.2) is 23.5 Å². The second kappa shape index (κ2) is 3.58. The molecule has 1 aromatic rings. The van der Waals surface area contributed by atoms with Crippen LogP contribution in [0.4, 0.5) is 5.69 Å². The Morgan fingerprint density at radius 1 is 1.24 bits per heavy atom. The first-order valence-electron chi connectivity index (χ1n) is 5.80. The minimum atomic E-state index is -0.851. The predicted molar refractivity (Wildman–Crippen MR) is 61.7 cm³/mol. The molecule has 0 bridgehead atoms. The van der Waals surface area contributed by atoms with Gasteiger partial charge in [0.1, 0.15) is 0 Å².